The first-order chi connectivity index (χ1) is 16.2. The number of phenolic OH excluding ortho intramolecular Hbond substituents is 1. The van der Waals surface area contributed by atoms with Gasteiger partial charge in [-0.25, -0.2) is 19.7 Å². The summed E-state index contributed by atoms with van der Waals surface area (Å²) in [7, 11) is 0. The van der Waals surface area contributed by atoms with Gasteiger partial charge in [0.2, 0.25) is 0 Å². The fourth-order valence-corrected chi connectivity index (χ4v) is 3.71. The number of unbranched alkanes of at least 4 members (excludes halogenated alkanes) is 3. The van der Waals surface area contributed by atoms with Crippen LogP contribution >= 0.6 is 0 Å². The molecule has 1 aromatic heterocycles. The lowest BCUT2D eigenvalue weighted by atomic mass is 10.0. The van der Waals surface area contributed by atoms with Crippen molar-refractivity contribution in [2.24, 2.45) is 11.8 Å². The largest absolute Gasteiger partial charge is 0.507 e. The standard InChI is InChI=1S/C27H41N3O4/c1-7-9-10-11-12-20-15-21(22(31)16-23(20)34-17-26(32)33-8-2)27-29-24(13-18(3)4)28-25(30-27)14-19(5)6/h15-16,18-19,31H,7-14,17H2,1-6H3. The number of carbonyl (C=O) groups is 1. The molecule has 7 heteroatoms. The van der Waals surface area contributed by atoms with Gasteiger partial charge in [-0.05, 0) is 43.2 Å². The van der Waals surface area contributed by atoms with E-state index in [1.54, 1.807) is 13.0 Å². The molecule has 0 aliphatic carbocycles. The minimum Gasteiger partial charge on any atom is -0.507 e. The molecule has 7 nitrogen and oxygen atoms in total. The first-order valence-corrected chi connectivity index (χ1v) is 12.6. The molecular weight excluding hydrogens is 430 g/mol. The van der Waals surface area contributed by atoms with E-state index < -0.39 is 5.97 Å². The number of hydrogen-bond donors (Lipinski definition) is 1. The van der Waals surface area contributed by atoms with Crippen LogP contribution in [0.1, 0.15) is 84.4 Å². The van der Waals surface area contributed by atoms with Gasteiger partial charge in [0.05, 0.1) is 12.2 Å². The second kappa shape index (κ2) is 13.9. The van der Waals surface area contributed by atoms with E-state index >= 15 is 0 Å². The van der Waals surface area contributed by atoms with Crippen LogP contribution in [0.4, 0.5) is 0 Å². The Morgan fingerprint density at radius 1 is 0.941 bits per heavy atom. The number of aromatic nitrogens is 3. The molecule has 0 saturated heterocycles. The fraction of sp³-hybridized carbons (Fsp3) is 0.630. The summed E-state index contributed by atoms with van der Waals surface area (Å²) in [6, 6.07) is 3.47. The molecule has 188 valence electrons. The molecule has 1 N–H and O–H groups in total. The summed E-state index contributed by atoms with van der Waals surface area (Å²) in [4.78, 5) is 25.9. The van der Waals surface area contributed by atoms with Crippen LogP contribution in [-0.2, 0) is 28.8 Å². The number of benzene rings is 1. The number of hydrogen-bond acceptors (Lipinski definition) is 7. The fourth-order valence-electron chi connectivity index (χ4n) is 3.71. The Balaban J connectivity index is 2.45. The van der Waals surface area contributed by atoms with E-state index in [-0.39, 0.29) is 12.4 Å². The number of aryl methyl sites for hydroxylation is 1. The van der Waals surface area contributed by atoms with Crippen molar-refractivity contribution in [3.63, 3.8) is 0 Å². The minimum absolute atomic E-state index is 0.0216. The smallest absolute Gasteiger partial charge is 0.344 e. The van der Waals surface area contributed by atoms with Crippen LogP contribution in [-0.4, -0.2) is 39.2 Å². The molecule has 1 aromatic carbocycles. The predicted molar refractivity (Wildman–Crippen MR) is 134 cm³/mol. The van der Waals surface area contributed by atoms with E-state index in [2.05, 4.69) is 39.6 Å². The van der Waals surface area contributed by atoms with Gasteiger partial charge < -0.3 is 14.6 Å². The monoisotopic (exact) mass is 471 g/mol. The van der Waals surface area contributed by atoms with Crippen molar-refractivity contribution < 1.29 is 19.4 Å². The van der Waals surface area contributed by atoms with E-state index in [9.17, 15) is 9.90 Å². The molecule has 2 aromatic rings. The van der Waals surface area contributed by atoms with Gasteiger partial charge in [-0.2, -0.15) is 0 Å². The summed E-state index contributed by atoms with van der Waals surface area (Å²) in [5, 5.41) is 10.9. The van der Waals surface area contributed by atoms with Gasteiger partial charge >= 0.3 is 5.97 Å². The highest BCUT2D eigenvalue weighted by Crippen LogP contribution is 2.35. The summed E-state index contributed by atoms with van der Waals surface area (Å²) < 4.78 is 10.7. The van der Waals surface area contributed by atoms with Gasteiger partial charge in [-0.15, -0.1) is 0 Å². The SMILES string of the molecule is CCCCCCc1cc(-c2nc(CC(C)C)nc(CC(C)C)n2)c(O)cc1OCC(=O)OCC. The molecule has 1 heterocycles. The third-order valence-corrected chi connectivity index (χ3v) is 5.28. The first kappa shape index (κ1) is 27.5. The number of carbonyl (C=O) groups excluding carboxylic acids is 1. The normalized spacial score (nSPS) is 11.3. The highest BCUT2D eigenvalue weighted by atomic mass is 16.6. The zero-order valence-electron chi connectivity index (χ0n) is 21.7. The average molecular weight is 472 g/mol. The van der Waals surface area contributed by atoms with E-state index in [1.165, 1.54) is 0 Å². The molecule has 0 aliphatic heterocycles. The number of esters is 1. The van der Waals surface area contributed by atoms with Crippen molar-refractivity contribution in [2.75, 3.05) is 13.2 Å². The van der Waals surface area contributed by atoms with Crippen LogP contribution in [0.15, 0.2) is 12.1 Å². The Morgan fingerprint density at radius 2 is 1.59 bits per heavy atom. The van der Waals surface area contributed by atoms with Crippen molar-refractivity contribution in [3.05, 3.63) is 29.3 Å². The maximum absolute atomic E-state index is 11.8. The lowest BCUT2D eigenvalue weighted by Crippen LogP contribution is -2.15. The zero-order valence-corrected chi connectivity index (χ0v) is 21.7. The first-order valence-electron chi connectivity index (χ1n) is 12.6. The molecule has 2 rings (SSSR count). The van der Waals surface area contributed by atoms with Gasteiger partial charge in [0, 0.05) is 18.9 Å². The summed E-state index contributed by atoms with van der Waals surface area (Å²) in [6.45, 7) is 12.6. The van der Waals surface area contributed by atoms with Crippen molar-refractivity contribution >= 4 is 5.97 Å². The van der Waals surface area contributed by atoms with E-state index in [1.807, 2.05) is 6.07 Å². The van der Waals surface area contributed by atoms with Gasteiger partial charge in [0.1, 0.15) is 23.1 Å². The number of phenols is 1. The second-order valence-electron chi connectivity index (χ2n) is 9.57. The lowest BCUT2D eigenvalue weighted by Gasteiger charge is -2.15. The summed E-state index contributed by atoms with van der Waals surface area (Å²) in [5.41, 5.74) is 1.48. The Hall–Kier alpha value is -2.70. The Kier molecular flexibility index (Phi) is 11.2. The molecule has 34 heavy (non-hydrogen) atoms. The van der Waals surface area contributed by atoms with Crippen molar-refractivity contribution in [3.8, 4) is 22.9 Å². The average Bonchev–Trinajstić information content (AvgIpc) is 2.75. The maximum atomic E-state index is 11.8. The third kappa shape index (κ3) is 8.92. The zero-order chi connectivity index (χ0) is 25.1. The van der Waals surface area contributed by atoms with Crippen LogP contribution in [0.3, 0.4) is 0 Å². The molecule has 0 unspecified atom stereocenters. The lowest BCUT2D eigenvalue weighted by molar-refractivity contribution is -0.145. The van der Waals surface area contributed by atoms with Crippen LogP contribution in [0, 0.1) is 11.8 Å². The van der Waals surface area contributed by atoms with Crippen LogP contribution in [0.2, 0.25) is 0 Å². The van der Waals surface area contributed by atoms with Crippen molar-refractivity contribution in [1.82, 2.24) is 15.0 Å². The van der Waals surface area contributed by atoms with Crippen LogP contribution < -0.4 is 4.74 Å². The molecule has 0 saturated carbocycles. The van der Waals surface area contributed by atoms with E-state index in [0.29, 0.717) is 35.6 Å². The highest BCUT2D eigenvalue weighted by molar-refractivity contribution is 5.72. The van der Waals surface area contributed by atoms with E-state index in [4.69, 9.17) is 19.4 Å². The van der Waals surface area contributed by atoms with E-state index in [0.717, 1.165) is 62.2 Å². The summed E-state index contributed by atoms with van der Waals surface area (Å²) in [5.74, 6) is 2.84. The van der Waals surface area contributed by atoms with Gasteiger partial charge in [0.15, 0.2) is 12.4 Å². The Morgan fingerprint density at radius 3 is 2.15 bits per heavy atom. The van der Waals surface area contributed by atoms with Gasteiger partial charge in [-0.1, -0.05) is 53.9 Å². The molecule has 0 atom stereocenters. The van der Waals surface area contributed by atoms with Crippen LogP contribution in [0.5, 0.6) is 11.5 Å². The Bertz CT molecular complexity index is 900. The van der Waals surface area contributed by atoms with Gasteiger partial charge in [0.25, 0.3) is 0 Å². The highest BCUT2D eigenvalue weighted by Gasteiger charge is 2.18. The number of rotatable bonds is 14. The number of nitrogens with zero attached hydrogens (tertiary/aromatic N) is 3. The summed E-state index contributed by atoms with van der Waals surface area (Å²) in [6.07, 6.45) is 6.66. The molecule has 0 spiro atoms. The molecule has 0 amide bonds. The minimum atomic E-state index is -0.433. The van der Waals surface area contributed by atoms with Gasteiger partial charge in [-0.3, -0.25) is 0 Å². The van der Waals surface area contributed by atoms with Crippen molar-refractivity contribution in [2.45, 2.75) is 86.5 Å². The summed E-state index contributed by atoms with van der Waals surface area (Å²) >= 11 is 0. The molecule has 0 bridgehead atoms. The molecule has 0 fully saturated rings. The topological polar surface area (TPSA) is 94.4 Å². The molecule has 0 aliphatic rings. The number of aromatic hydroxyl groups is 1. The quantitative estimate of drug-likeness (QED) is 0.279. The maximum Gasteiger partial charge on any atom is 0.344 e. The third-order valence-electron chi connectivity index (χ3n) is 5.28. The number of ether oxygens (including phenoxy) is 2. The van der Waals surface area contributed by atoms with Crippen molar-refractivity contribution in [1.29, 1.82) is 0 Å². The Labute approximate surface area is 204 Å². The molecule has 0 radical (unpaired) electrons. The second-order valence-corrected chi connectivity index (χ2v) is 9.57. The van der Waals surface area contributed by atoms with Crippen LogP contribution in [0.25, 0.3) is 11.4 Å². The molecular formula is C27H41N3O4. The predicted octanol–water partition coefficient (Wildman–Crippen LogP) is 5.71.